The number of hydrogen-bond acceptors (Lipinski definition) is 4. The van der Waals surface area contributed by atoms with Crippen LogP contribution in [0.2, 0.25) is 5.28 Å². The number of halogens is 2. The summed E-state index contributed by atoms with van der Waals surface area (Å²) in [5, 5.41) is 7.61. The largest absolute Gasteiger partial charge is 0.365 e. The van der Waals surface area contributed by atoms with E-state index in [-0.39, 0.29) is 11.3 Å². The van der Waals surface area contributed by atoms with Crippen LogP contribution >= 0.6 is 27.5 Å². The minimum absolute atomic E-state index is 0.178. The Kier molecular flexibility index (Phi) is 3.96. The van der Waals surface area contributed by atoms with E-state index in [0.717, 1.165) is 11.0 Å². The first kappa shape index (κ1) is 12.3. The lowest BCUT2D eigenvalue weighted by atomic mass is 10.3. The van der Waals surface area contributed by atoms with Gasteiger partial charge in [0.2, 0.25) is 5.28 Å². The molecule has 0 aromatic carbocycles. The number of nitrogens with zero attached hydrogens (tertiary/aromatic N) is 4. The van der Waals surface area contributed by atoms with E-state index in [2.05, 4.69) is 36.3 Å². The van der Waals surface area contributed by atoms with Crippen LogP contribution in [-0.4, -0.2) is 25.8 Å². The van der Waals surface area contributed by atoms with Gasteiger partial charge >= 0.3 is 0 Å². The summed E-state index contributed by atoms with van der Waals surface area (Å²) in [7, 11) is 0. The molecule has 17 heavy (non-hydrogen) atoms. The van der Waals surface area contributed by atoms with Crippen LogP contribution in [0.4, 0.5) is 5.82 Å². The van der Waals surface area contributed by atoms with Crippen molar-refractivity contribution in [1.29, 1.82) is 0 Å². The molecule has 0 aliphatic carbocycles. The van der Waals surface area contributed by atoms with Gasteiger partial charge in [0.15, 0.2) is 0 Å². The fraction of sp³-hybridized carbons (Fsp3) is 0.300. The first-order valence-electron chi connectivity index (χ1n) is 5.07. The van der Waals surface area contributed by atoms with Crippen molar-refractivity contribution in [2.75, 3.05) is 5.32 Å². The van der Waals surface area contributed by atoms with Gasteiger partial charge in [0, 0.05) is 24.6 Å². The lowest BCUT2D eigenvalue weighted by molar-refractivity contribution is 0.559. The molecule has 2 aromatic heterocycles. The zero-order valence-electron chi connectivity index (χ0n) is 9.14. The average molecular weight is 317 g/mol. The van der Waals surface area contributed by atoms with Gasteiger partial charge in [-0.2, -0.15) is 10.1 Å². The number of aromatic nitrogens is 4. The van der Waals surface area contributed by atoms with E-state index in [4.69, 9.17) is 11.6 Å². The number of nitrogens with one attached hydrogen (secondary N) is 1. The molecule has 1 unspecified atom stereocenters. The van der Waals surface area contributed by atoms with Crippen molar-refractivity contribution in [3.05, 3.63) is 34.4 Å². The Balaban J connectivity index is 2.02. The molecule has 2 aromatic rings. The minimum atomic E-state index is 0.178. The Morgan fingerprint density at radius 2 is 2.41 bits per heavy atom. The van der Waals surface area contributed by atoms with Crippen LogP contribution in [-0.2, 0) is 6.54 Å². The predicted octanol–water partition coefficient (Wildman–Crippen LogP) is 2.59. The maximum absolute atomic E-state index is 5.74. The Morgan fingerprint density at radius 1 is 1.59 bits per heavy atom. The Labute approximate surface area is 112 Å². The third kappa shape index (κ3) is 3.41. The number of anilines is 1. The van der Waals surface area contributed by atoms with Crippen molar-refractivity contribution >= 4 is 33.3 Å². The monoisotopic (exact) mass is 315 g/mol. The normalized spacial score (nSPS) is 12.4. The fourth-order valence-electron chi connectivity index (χ4n) is 1.41. The molecule has 0 radical (unpaired) electrons. The molecule has 0 saturated heterocycles. The molecule has 0 bridgehead atoms. The third-order valence-electron chi connectivity index (χ3n) is 2.12. The number of rotatable bonds is 4. The van der Waals surface area contributed by atoms with Crippen LogP contribution in [0.3, 0.4) is 0 Å². The molecule has 1 N–H and O–H groups in total. The SMILES string of the molecule is CC(Cn1cccn1)Nc1nc(Cl)ncc1Br. The van der Waals surface area contributed by atoms with Crippen molar-refractivity contribution in [2.24, 2.45) is 0 Å². The lowest BCUT2D eigenvalue weighted by Gasteiger charge is -2.15. The molecule has 0 fully saturated rings. The highest BCUT2D eigenvalue weighted by Gasteiger charge is 2.08. The van der Waals surface area contributed by atoms with Crippen molar-refractivity contribution in [3.63, 3.8) is 0 Å². The molecule has 0 aliphatic heterocycles. The van der Waals surface area contributed by atoms with Gasteiger partial charge in [0.05, 0.1) is 11.0 Å². The van der Waals surface area contributed by atoms with E-state index in [1.54, 1.807) is 12.4 Å². The summed E-state index contributed by atoms with van der Waals surface area (Å²) in [6.45, 7) is 2.80. The molecule has 0 amide bonds. The van der Waals surface area contributed by atoms with Gasteiger partial charge in [-0.3, -0.25) is 4.68 Å². The van der Waals surface area contributed by atoms with Crippen LogP contribution in [0.1, 0.15) is 6.92 Å². The molecular formula is C10H11BrClN5. The van der Waals surface area contributed by atoms with E-state index >= 15 is 0 Å². The summed E-state index contributed by atoms with van der Waals surface area (Å²) in [5.74, 6) is 0.685. The van der Waals surface area contributed by atoms with Gasteiger partial charge in [0.25, 0.3) is 0 Å². The molecule has 90 valence electrons. The molecule has 5 nitrogen and oxygen atoms in total. The zero-order chi connectivity index (χ0) is 12.3. The highest BCUT2D eigenvalue weighted by atomic mass is 79.9. The van der Waals surface area contributed by atoms with Gasteiger partial charge < -0.3 is 5.32 Å². The summed E-state index contributed by atoms with van der Waals surface area (Å²) >= 11 is 9.11. The van der Waals surface area contributed by atoms with E-state index in [0.29, 0.717) is 5.82 Å². The van der Waals surface area contributed by atoms with Crippen LogP contribution in [0, 0.1) is 0 Å². The van der Waals surface area contributed by atoms with Gasteiger partial charge in [-0.1, -0.05) is 0 Å². The average Bonchev–Trinajstić information content (AvgIpc) is 2.76. The molecule has 2 heterocycles. The van der Waals surface area contributed by atoms with Crippen molar-refractivity contribution < 1.29 is 0 Å². The maximum Gasteiger partial charge on any atom is 0.224 e. The summed E-state index contributed by atoms with van der Waals surface area (Å²) in [5.41, 5.74) is 0. The van der Waals surface area contributed by atoms with Gasteiger partial charge in [0.1, 0.15) is 5.82 Å². The number of hydrogen-bond donors (Lipinski definition) is 1. The Bertz CT molecular complexity index is 487. The molecule has 0 saturated carbocycles. The summed E-state index contributed by atoms with van der Waals surface area (Å²) in [6, 6.07) is 2.07. The molecule has 0 aliphatic rings. The highest BCUT2D eigenvalue weighted by Crippen LogP contribution is 2.20. The molecule has 7 heteroatoms. The first-order chi connectivity index (χ1) is 8.15. The lowest BCUT2D eigenvalue weighted by Crippen LogP contribution is -2.23. The van der Waals surface area contributed by atoms with Crippen LogP contribution in [0.5, 0.6) is 0 Å². The van der Waals surface area contributed by atoms with Gasteiger partial charge in [-0.05, 0) is 40.5 Å². The van der Waals surface area contributed by atoms with Crippen molar-refractivity contribution in [3.8, 4) is 0 Å². The van der Waals surface area contributed by atoms with Gasteiger partial charge in [-0.15, -0.1) is 0 Å². The smallest absolute Gasteiger partial charge is 0.224 e. The topological polar surface area (TPSA) is 55.6 Å². The third-order valence-corrected chi connectivity index (χ3v) is 2.88. The van der Waals surface area contributed by atoms with Crippen molar-refractivity contribution in [1.82, 2.24) is 19.7 Å². The second kappa shape index (κ2) is 5.46. The second-order valence-corrected chi connectivity index (χ2v) is 4.80. The van der Waals surface area contributed by atoms with E-state index in [1.165, 1.54) is 0 Å². The summed E-state index contributed by atoms with van der Waals surface area (Å²) in [4.78, 5) is 7.98. The van der Waals surface area contributed by atoms with Crippen molar-refractivity contribution in [2.45, 2.75) is 19.5 Å². The summed E-state index contributed by atoms with van der Waals surface area (Å²) in [6.07, 6.45) is 5.29. The highest BCUT2D eigenvalue weighted by molar-refractivity contribution is 9.10. The molecule has 2 rings (SSSR count). The summed E-state index contributed by atoms with van der Waals surface area (Å²) < 4.78 is 2.64. The zero-order valence-corrected chi connectivity index (χ0v) is 11.5. The molecule has 0 spiro atoms. The predicted molar refractivity (Wildman–Crippen MR) is 70.1 cm³/mol. The van der Waals surface area contributed by atoms with E-state index in [1.807, 2.05) is 23.9 Å². The fourth-order valence-corrected chi connectivity index (χ4v) is 1.85. The van der Waals surface area contributed by atoms with Crippen LogP contribution < -0.4 is 5.32 Å². The maximum atomic E-state index is 5.74. The Morgan fingerprint density at radius 3 is 3.12 bits per heavy atom. The first-order valence-corrected chi connectivity index (χ1v) is 6.24. The van der Waals surface area contributed by atoms with E-state index < -0.39 is 0 Å². The van der Waals surface area contributed by atoms with E-state index in [9.17, 15) is 0 Å². The van der Waals surface area contributed by atoms with Crippen LogP contribution in [0.15, 0.2) is 29.1 Å². The standard InChI is InChI=1S/C10H11BrClN5/c1-7(6-17-4-2-3-14-17)15-9-8(11)5-13-10(12)16-9/h2-5,7H,6H2,1H3,(H,13,15,16). The minimum Gasteiger partial charge on any atom is -0.365 e. The quantitative estimate of drug-likeness (QED) is 0.881. The second-order valence-electron chi connectivity index (χ2n) is 3.61. The molecular weight excluding hydrogens is 306 g/mol. The van der Waals surface area contributed by atoms with Crippen LogP contribution in [0.25, 0.3) is 0 Å². The van der Waals surface area contributed by atoms with Gasteiger partial charge in [-0.25, -0.2) is 4.98 Å². The Hall–Kier alpha value is -1.14. The molecule has 1 atom stereocenters.